The summed E-state index contributed by atoms with van der Waals surface area (Å²) in [5, 5.41) is 4.61. The maximum absolute atomic E-state index is 12.3. The molecule has 0 unspecified atom stereocenters. The van der Waals surface area contributed by atoms with Gasteiger partial charge in [0.1, 0.15) is 18.0 Å². The number of aromatic nitrogens is 1. The summed E-state index contributed by atoms with van der Waals surface area (Å²) in [7, 11) is 0. The summed E-state index contributed by atoms with van der Waals surface area (Å²) in [6.45, 7) is 7.59. The maximum Gasteiger partial charge on any atom is 0.410 e. The Morgan fingerprint density at radius 3 is 2.56 bits per heavy atom. The van der Waals surface area contributed by atoms with Gasteiger partial charge in [-0.1, -0.05) is 30.3 Å². The van der Waals surface area contributed by atoms with Gasteiger partial charge in [0.25, 0.3) is 0 Å². The fraction of sp³-hybridized carbons (Fsp3) is 0.385. The van der Waals surface area contributed by atoms with Crippen LogP contribution >= 0.6 is 0 Å². The van der Waals surface area contributed by atoms with Crippen molar-refractivity contribution in [1.82, 2.24) is 9.88 Å². The van der Waals surface area contributed by atoms with Crippen molar-refractivity contribution in [3.05, 3.63) is 66.4 Å². The predicted octanol–water partition coefficient (Wildman–Crippen LogP) is 5.63. The topological polar surface area (TPSA) is 63.7 Å². The van der Waals surface area contributed by atoms with Crippen LogP contribution in [0.15, 0.2) is 60.8 Å². The molecule has 32 heavy (non-hydrogen) atoms. The fourth-order valence-electron chi connectivity index (χ4n) is 3.79. The second-order valence-electron chi connectivity index (χ2n) is 9.24. The highest BCUT2D eigenvalue weighted by atomic mass is 16.6. The van der Waals surface area contributed by atoms with Crippen molar-refractivity contribution in [2.24, 2.45) is 0 Å². The van der Waals surface area contributed by atoms with Crippen molar-refractivity contribution >= 4 is 22.7 Å². The number of fused-ring (bicyclic) bond motifs is 1. The van der Waals surface area contributed by atoms with E-state index in [1.807, 2.05) is 63.4 Å². The molecule has 6 heteroatoms. The molecule has 1 N–H and O–H groups in total. The Morgan fingerprint density at radius 2 is 1.84 bits per heavy atom. The first-order valence-corrected chi connectivity index (χ1v) is 11.2. The van der Waals surface area contributed by atoms with Gasteiger partial charge in [-0.2, -0.15) is 0 Å². The van der Waals surface area contributed by atoms with E-state index in [-0.39, 0.29) is 6.09 Å². The minimum Gasteiger partial charge on any atom is -0.489 e. The normalized spacial score (nSPS) is 14.9. The zero-order valence-electron chi connectivity index (χ0n) is 19.0. The van der Waals surface area contributed by atoms with E-state index in [1.165, 1.54) is 0 Å². The van der Waals surface area contributed by atoms with Gasteiger partial charge in [-0.05, 0) is 63.4 Å². The molecule has 1 aromatic heterocycles. The highest BCUT2D eigenvalue weighted by Gasteiger charge is 2.26. The van der Waals surface area contributed by atoms with Gasteiger partial charge in [-0.25, -0.2) is 4.79 Å². The van der Waals surface area contributed by atoms with Crippen LogP contribution in [0.5, 0.6) is 5.75 Å². The SMILES string of the molecule is CC(C)(C)OC(=O)N1CCC(Nc2cnc3ccc(OCc4ccccc4)cc3c2)CC1. The largest absolute Gasteiger partial charge is 0.489 e. The third-order valence-electron chi connectivity index (χ3n) is 5.42. The van der Waals surface area contributed by atoms with Gasteiger partial charge in [0.2, 0.25) is 0 Å². The van der Waals surface area contributed by atoms with Gasteiger partial charge in [0.05, 0.1) is 17.4 Å². The number of piperidine rings is 1. The van der Waals surface area contributed by atoms with Gasteiger partial charge in [-0.3, -0.25) is 4.98 Å². The summed E-state index contributed by atoms with van der Waals surface area (Å²) >= 11 is 0. The monoisotopic (exact) mass is 433 g/mol. The average Bonchev–Trinajstić information content (AvgIpc) is 2.77. The van der Waals surface area contributed by atoms with Crippen LogP contribution in [0.25, 0.3) is 10.9 Å². The number of pyridine rings is 1. The molecule has 1 aliphatic rings. The first-order chi connectivity index (χ1) is 15.4. The quantitative estimate of drug-likeness (QED) is 0.565. The van der Waals surface area contributed by atoms with Crippen LogP contribution in [0.3, 0.4) is 0 Å². The molecule has 6 nitrogen and oxygen atoms in total. The van der Waals surface area contributed by atoms with E-state index in [1.54, 1.807) is 4.90 Å². The number of anilines is 1. The Kier molecular flexibility index (Phi) is 6.49. The molecule has 0 spiro atoms. The molecule has 0 aliphatic carbocycles. The number of nitrogens with zero attached hydrogens (tertiary/aromatic N) is 2. The summed E-state index contributed by atoms with van der Waals surface area (Å²) < 4.78 is 11.4. The number of ether oxygens (including phenoxy) is 2. The zero-order valence-corrected chi connectivity index (χ0v) is 19.0. The molecular formula is C26H31N3O3. The molecule has 1 amide bonds. The number of carbonyl (C=O) groups excluding carboxylic acids is 1. The van der Waals surface area contributed by atoms with Crippen molar-refractivity contribution in [3.63, 3.8) is 0 Å². The summed E-state index contributed by atoms with van der Waals surface area (Å²) in [6.07, 6.45) is 3.38. The molecule has 1 saturated heterocycles. The molecular weight excluding hydrogens is 402 g/mol. The van der Waals surface area contributed by atoms with E-state index < -0.39 is 5.60 Å². The first kappa shape index (κ1) is 21.9. The van der Waals surface area contributed by atoms with Gasteiger partial charge < -0.3 is 19.7 Å². The van der Waals surface area contributed by atoms with Crippen molar-refractivity contribution < 1.29 is 14.3 Å². The third-order valence-corrected chi connectivity index (χ3v) is 5.42. The number of nitrogens with one attached hydrogen (secondary N) is 1. The van der Waals surface area contributed by atoms with E-state index in [9.17, 15) is 4.79 Å². The molecule has 168 valence electrons. The number of hydrogen-bond acceptors (Lipinski definition) is 5. The van der Waals surface area contributed by atoms with Gasteiger partial charge in [0, 0.05) is 24.5 Å². The molecule has 0 saturated carbocycles. The van der Waals surface area contributed by atoms with Crippen LogP contribution in [0.4, 0.5) is 10.5 Å². The molecule has 0 bridgehead atoms. The number of carbonyl (C=O) groups is 1. The maximum atomic E-state index is 12.3. The van der Waals surface area contributed by atoms with Crippen molar-refractivity contribution in [1.29, 1.82) is 0 Å². The van der Waals surface area contributed by atoms with E-state index in [2.05, 4.69) is 28.5 Å². The highest BCUT2D eigenvalue weighted by Crippen LogP contribution is 2.25. The summed E-state index contributed by atoms with van der Waals surface area (Å²) in [5.74, 6) is 0.825. The van der Waals surface area contributed by atoms with Crippen LogP contribution in [0, 0.1) is 0 Å². The molecule has 1 fully saturated rings. The van der Waals surface area contributed by atoms with E-state index in [0.717, 1.165) is 40.7 Å². The predicted molar refractivity (Wildman–Crippen MR) is 127 cm³/mol. The first-order valence-electron chi connectivity index (χ1n) is 11.2. The van der Waals surface area contributed by atoms with Crippen molar-refractivity contribution in [2.45, 2.75) is 51.9 Å². The summed E-state index contributed by atoms with van der Waals surface area (Å²) in [5.41, 5.74) is 2.58. The number of likely N-dealkylation sites (tertiary alicyclic amines) is 1. The number of amides is 1. The van der Waals surface area contributed by atoms with Gasteiger partial charge in [0.15, 0.2) is 0 Å². The van der Waals surface area contributed by atoms with Crippen LogP contribution in [0.2, 0.25) is 0 Å². The second kappa shape index (κ2) is 9.47. The lowest BCUT2D eigenvalue weighted by atomic mass is 10.0. The van der Waals surface area contributed by atoms with Crippen LogP contribution < -0.4 is 10.1 Å². The van der Waals surface area contributed by atoms with Gasteiger partial charge in [-0.15, -0.1) is 0 Å². The van der Waals surface area contributed by atoms with Crippen molar-refractivity contribution in [3.8, 4) is 5.75 Å². The lowest BCUT2D eigenvalue weighted by molar-refractivity contribution is 0.0210. The Hall–Kier alpha value is -3.28. The smallest absolute Gasteiger partial charge is 0.410 e. The zero-order chi connectivity index (χ0) is 22.6. The Bertz CT molecular complexity index is 1050. The second-order valence-corrected chi connectivity index (χ2v) is 9.24. The molecule has 0 radical (unpaired) electrons. The summed E-state index contributed by atoms with van der Waals surface area (Å²) in [4.78, 5) is 18.6. The average molecular weight is 434 g/mol. The number of hydrogen-bond donors (Lipinski definition) is 1. The minimum absolute atomic E-state index is 0.230. The van der Waals surface area contributed by atoms with Crippen LogP contribution in [-0.4, -0.2) is 40.7 Å². The van der Waals surface area contributed by atoms with E-state index in [4.69, 9.17) is 9.47 Å². The van der Waals surface area contributed by atoms with Crippen LogP contribution in [0.1, 0.15) is 39.2 Å². The third kappa shape index (κ3) is 5.90. The fourth-order valence-corrected chi connectivity index (χ4v) is 3.79. The lowest BCUT2D eigenvalue weighted by Gasteiger charge is -2.34. The van der Waals surface area contributed by atoms with Crippen molar-refractivity contribution in [2.75, 3.05) is 18.4 Å². The Labute approximate surface area is 189 Å². The minimum atomic E-state index is -0.466. The molecule has 2 aromatic carbocycles. The number of rotatable bonds is 5. The van der Waals surface area contributed by atoms with Crippen LogP contribution in [-0.2, 0) is 11.3 Å². The number of benzene rings is 2. The van der Waals surface area contributed by atoms with E-state index in [0.29, 0.717) is 25.7 Å². The lowest BCUT2D eigenvalue weighted by Crippen LogP contribution is -2.44. The summed E-state index contributed by atoms with van der Waals surface area (Å²) in [6, 6.07) is 18.5. The van der Waals surface area contributed by atoms with E-state index >= 15 is 0 Å². The standard InChI is InChI=1S/C26H31N3O3/c1-26(2,3)32-25(30)29-13-11-21(12-14-29)28-22-15-20-16-23(9-10-24(20)27-17-22)31-18-19-7-5-4-6-8-19/h4-10,15-17,21,28H,11-14,18H2,1-3H3. The molecule has 1 aliphatic heterocycles. The van der Waals surface area contributed by atoms with Gasteiger partial charge >= 0.3 is 6.09 Å². The Morgan fingerprint density at radius 1 is 1.09 bits per heavy atom. The molecule has 0 atom stereocenters. The molecule has 3 aromatic rings. The highest BCUT2D eigenvalue weighted by molar-refractivity contribution is 5.83. The molecule has 4 rings (SSSR count). The molecule has 2 heterocycles. The Balaban J connectivity index is 1.35.